The average Bonchev–Trinajstić information content (AvgIpc) is 3.17. The molecule has 0 atom stereocenters. The van der Waals surface area contributed by atoms with Gasteiger partial charge in [0.25, 0.3) is 11.6 Å². The molecule has 0 radical (unpaired) electrons. The van der Waals surface area contributed by atoms with Crippen molar-refractivity contribution >= 4 is 29.1 Å². The number of nitro groups is 1. The number of aromatic nitrogens is 1. The lowest BCUT2D eigenvalue weighted by atomic mass is 10.1. The maximum absolute atomic E-state index is 13.1. The molecule has 0 saturated heterocycles. The second-order valence-corrected chi connectivity index (χ2v) is 7.47. The number of benzene rings is 1. The molecule has 0 N–H and O–H groups in total. The molecule has 174 valence electrons. The van der Waals surface area contributed by atoms with E-state index in [2.05, 4.69) is 0 Å². The van der Waals surface area contributed by atoms with Gasteiger partial charge in [-0.1, -0.05) is 11.6 Å². The molecule has 0 spiro atoms. The van der Waals surface area contributed by atoms with Crippen molar-refractivity contribution in [3.63, 3.8) is 0 Å². The highest BCUT2D eigenvalue weighted by molar-refractivity contribution is 6.34. The van der Waals surface area contributed by atoms with Gasteiger partial charge in [0.2, 0.25) is 5.91 Å². The zero-order valence-corrected chi connectivity index (χ0v) is 19.1. The summed E-state index contributed by atoms with van der Waals surface area (Å²) in [6.07, 6.45) is 1.89. The van der Waals surface area contributed by atoms with E-state index in [-0.39, 0.29) is 41.9 Å². The van der Waals surface area contributed by atoms with E-state index in [4.69, 9.17) is 21.1 Å². The molecule has 2 rings (SSSR count). The van der Waals surface area contributed by atoms with Gasteiger partial charge in [-0.3, -0.25) is 19.7 Å². The van der Waals surface area contributed by atoms with Crippen LogP contribution in [0.3, 0.4) is 0 Å². The number of non-ortho nitro benzene ring substituents is 1. The van der Waals surface area contributed by atoms with Crippen LogP contribution in [0.25, 0.3) is 0 Å². The first-order valence-electron chi connectivity index (χ1n) is 9.87. The highest BCUT2D eigenvalue weighted by atomic mass is 35.5. The number of hydrogen-bond donors (Lipinski definition) is 0. The molecule has 1 aromatic carbocycles. The zero-order chi connectivity index (χ0) is 23.7. The SMILES string of the molecule is COCCN(Cc1cccn1C)C(=O)CN(CCOC)C(=O)c1ccc([N+](=O)[O-])cc1Cl. The van der Waals surface area contributed by atoms with E-state index in [0.29, 0.717) is 19.7 Å². The van der Waals surface area contributed by atoms with Gasteiger partial charge in [-0.25, -0.2) is 0 Å². The number of nitrogens with zero attached hydrogens (tertiary/aromatic N) is 4. The van der Waals surface area contributed by atoms with Crippen molar-refractivity contribution in [2.24, 2.45) is 7.05 Å². The number of methoxy groups -OCH3 is 2. The maximum Gasteiger partial charge on any atom is 0.270 e. The number of rotatable bonds is 12. The van der Waals surface area contributed by atoms with Gasteiger partial charge in [0.1, 0.15) is 6.54 Å². The summed E-state index contributed by atoms with van der Waals surface area (Å²) in [5, 5.41) is 10.9. The Kier molecular flexibility index (Phi) is 9.63. The lowest BCUT2D eigenvalue weighted by molar-refractivity contribution is -0.384. The van der Waals surface area contributed by atoms with Gasteiger partial charge in [-0.15, -0.1) is 0 Å². The van der Waals surface area contributed by atoms with E-state index in [9.17, 15) is 19.7 Å². The monoisotopic (exact) mass is 466 g/mol. The fraction of sp³-hybridized carbons (Fsp3) is 0.429. The summed E-state index contributed by atoms with van der Waals surface area (Å²) < 4.78 is 12.1. The Bertz CT molecular complexity index is 948. The minimum absolute atomic E-state index is 0.0564. The molecule has 32 heavy (non-hydrogen) atoms. The summed E-state index contributed by atoms with van der Waals surface area (Å²) in [4.78, 5) is 39.5. The quantitative estimate of drug-likeness (QED) is 0.351. The van der Waals surface area contributed by atoms with Crippen molar-refractivity contribution in [1.29, 1.82) is 0 Å². The predicted molar refractivity (Wildman–Crippen MR) is 119 cm³/mol. The van der Waals surface area contributed by atoms with Crippen LogP contribution in [0.15, 0.2) is 36.5 Å². The van der Waals surface area contributed by atoms with Crippen molar-refractivity contribution in [3.05, 3.63) is 62.9 Å². The summed E-state index contributed by atoms with van der Waals surface area (Å²) in [5.74, 6) is -0.786. The van der Waals surface area contributed by atoms with Gasteiger partial charge in [0.15, 0.2) is 0 Å². The Hall–Kier alpha value is -2.95. The van der Waals surface area contributed by atoms with Crippen molar-refractivity contribution < 1.29 is 24.0 Å². The second kappa shape index (κ2) is 12.2. The van der Waals surface area contributed by atoms with Crippen LogP contribution in [0.2, 0.25) is 5.02 Å². The third kappa shape index (κ3) is 6.78. The maximum atomic E-state index is 13.1. The van der Waals surface area contributed by atoms with E-state index >= 15 is 0 Å². The minimum atomic E-state index is -0.594. The summed E-state index contributed by atoms with van der Waals surface area (Å²) in [6.45, 7) is 1.21. The third-order valence-electron chi connectivity index (χ3n) is 4.89. The van der Waals surface area contributed by atoms with Crippen molar-refractivity contribution in [1.82, 2.24) is 14.4 Å². The number of carbonyl (C=O) groups excluding carboxylic acids is 2. The van der Waals surface area contributed by atoms with E-state index in [1.54, 1.807) is 12.0 Å². The molecule has 0 unspecified atom stereocenters. The van der Waals surface area contributed by atoms with Gasteiger partial charge in [0, 0.05) is 58.4 Å². The molecule has 0 aliphatic heterocycles. The van der Waals surface area contributed by atoms with E-state index in [1.807, 2.05) is 29.9 Å². The van der Waals surface area contributed by atoms with Crippen LogP contribution >= 0.6 is 11.6 Å². The highest BCUT2D eigenvalue weighted by Crippen LogP contribution is 2.24. The molecule has 1 heterocycles. The van der Waals surface area contributed by atoms with Crippen LogP contribution in [-0.2, 0) is 27.9 Å². The van der Waals surface area contributed by atoms with Crippen molar-refractivity contribution in [2.45, 2.75) is 6.54 Å². The number of carbonyl (C=O) groups is 2. The van der Waals surface area contributed by atoms with Crippen LogP contribution in [0.5, 0.6) is 0 Å². The number of aryl methyl sites for hydroxylation is 1. The Morgan fingerprint density at radius 3 is 2.31 bits per heavy atom. The molecule has 10 nitrogen and oxygen atoms in total. The van der Waals surface area contributed by atoms with Crippen LogP contribution < -0.4 is 0 Å². The molecule has 2 aromatic rings. The van der Waals surface area contributed by atoms with E-state index < -0.39 is 10.8 Å². The predicted octanol–water partition coefficient (Wildman–Crippen LogP) is 2.35. The molecule has 0 aliphatic carbocycles. The highest BCUT2D eigenvalue weighted by Gasteiger charge is 2.25. The molecular formula is C21H27ClN4O6. The molecular weight excluding hydrogens is 440 g/mol. The first-order valence-corrected chi connectivity index (χ1v) is 10.2. The molecule has 1 aromatic heterocycles. The van der Waals surface area contributed by atoms with Gasteiger partial charge < -0.3 is 23.8 Å². The number of ether oxygens (including phenoxy) is 2. The fourth-order valence-electron chi connectivity index (χ4n) is 3.03. The number of amides is 2. The standard InChI is InChI=1S/C21H27ClN4O6/c1-23-8-4-5-17(23)14-24(9-11-31-2)20(27)15-25(10-12-32-3)21(28)18-7-6-16(26(29)30)13-19(18)22/h4-8,13H,9-12,14-15H2,1-3H3. The molecule has 0 saturated carbocycles. The number of hydrogen-bond acceptors (Lipinski definition) is 6. The normalized spacial score (nSPS) is 10.8. The van der Waals surface area contributed by atoms with Gasteiger partial charge in [-0.05, 0) is 18.2 Å². The van der Waals surface area contributed by atoms with Crippen LogP contribution in [0.4, 0.5) is 5.69 Å². The lowest BCUT2D eigenvalue weighted by Gasteiger charge is -2.28. The topological polar surface area (TPSA) is 107 Å². The fourth-order valence-corrected chi connectivity index (χ4v) is 3.28. The average molecular weight is 467 g/mol. The zero-order valence-electron chi connectivity index (χ0n) is 18.3. The molecule has 0 bridgehead atoms. The Morgan fingerprint density at radius 1 is 1.12 bits per heavy atom. The molecule has 11 heteroatoms. The summed E-state index contributed by atoms with van der Waals surface area (Å²) in [6, 6.07) is 7.41. The molecule has 2 amide bonds. The van der Waals surface area contributed by atoms with Crippen molar-refractivity contribution in [2.75, 3.05) is 47.1 Å². The Morgan fingerprint density at radius 2 is 1.78 bits per heavy atom. The van der Waals surface area contributed by atoms with Gasteiger partial charge >= 0.3 is 0 Å². The summed E-state index contributed by atoms with van der Waals surface area (Å²) in [5.41, 5.74) is 0.786. The van der Waals surface area contributed by atoms with Crippen LogP contribution in [-0.4, -0.2) is 78.2 Å². The lowest BCUT2D eigenvalue weighted by Crippen LogP contribution is -2.45. The molecule has 0 aliphatic rings. The largest absolute Gasteiger partial charge is 0.383 e. The second-order valence-electron chi connectivity index (χ2n) is 7.06. The number of nitro benzene ring substituents is 1. The van der Waals surface area contributed by atoms with Gasteiger partial charge in [-0.2, -0.15) is 0 Å². The molecule has 0 fully saturated rings. The van der Waals surface area contributed by atoms with E-state index in [1.165, 1.54) is 24.1 Å². The number of halogens is 1. The minimum Gasteiger partial charge on any atom is -0.383 e. The summed E-state index contributed by atoms with van der Waals surface area (Å²) >= 11 is 6.13. The van der Waals surface area contributed by atoms with E-state index in [0.717, 1.165) is 11.8 Å². The first kappa shape index (κ1) is 25.3. The first-order chi connectivity index (χ1) is 15.3. The van der Waals surface area contributed by atoms with Crippen molar-refractivity contribution in [3.8, 4) is 0 Å². The van der Waals surface area contributed by atoms with Crippen LogP contribution in [0.1, 0.15) is 16.1 Å². The van der Waals surface area contributed by atoms with Crippen LogP contribution in [0, 0.1) is 10.1 Å². The Labute approximate surface area is 191 Å². The summed E-state index contributed by atoms with van der Waals surface area (Å²) in [7, 11) is 4.93. The smallest absolute Gasteiger partial charge is 0.270 e. The Balaban J connectivity index is 2.22. The third-order valence-corrected chi connectivity index (χ3v) is 5.21. The van der Waals surface area contributed by atoms with Gasteiger partial charge in [0.05, 0.1) is 35.3 Å².